The molecule has 0 aliphatic carbocycles. The number of thioether (sulfide) groups is 1. The van der Waals surface area contributed by atoms with E-state index in [1.807, 2.05) is 0 Å². The Morgan fingerprint density at radius 2 is 2.20 bits per heavy atom. The molecule has 1 aromatic rings. The van der Waals surface area contributed by atoms with Crippen LogP contribution < -0.4 is 11.1 Å². The molecule has 0 aliphatic rings. The normalized spacial score (nSPS) is 10.3. The zero-order chi connectivity index (χ0) is 15.0. The first-order valence-electron chi connectivity index (χ1n) is 6.13. The topological polar surface area (TPSA) is 112 Å². The first-order valence-corrected chi connectivity index (χ1v) is 7.11. The lowest BCUT2D eigenvalue weighted by Crippen LogP contribution is -2.26. The summed E-state index contributed by atoms with van der Waals surface area (Å²) >= 11 is 1.29. The number of nitrogens with zero attached hydrogens (tertiary/aromatic N) is 3. The number of aromatic nitrogens is 3. The van der Waals surface area contributed by atoms with Gasteiger partial charge in [0.25, 0.3) is 0 Å². The number of esters is 1. The highest BCUT2D eigenvalue weighted by Crippen LogP contribution is 2.14. The second kappa shape index (κ2) is 8.54. The van der Waals surface area contributed by atoms with Crippen LogP contribution in [-0.4, -0.2) is 46.0 Å². The molecule has 0 saturated heterocycles. The average Bonchev–Trinajstić information content (AvgIpc) is 2.81. The van der Waals surface area contributed by atoms with Crippen LogP contribution >= 0.6 is 11.8 Å². The van der Waals surface area contributed by atoms with E-state index >= 15 is 0 Å². The summed E-state index contributed by atoms with van der Waals surface area (Å²) in [7, 11) is 3.15. The van der Waals surface area contributed by atoms with Crippen molar-refractivity contribution in [2.75, 3.05) is 19.4 Å². The van der Waals surface area contributed by atoms with Gasteiger partial charge < -0.3 is 20.4 Å². The highest BCUT2D eigenvalue weighted by molar-refractivity contribution is 7.99. The number of rotatable bonds is 8. The zero-order valence-corrected chi connectivity index (χ0v) is 12.4. The van der Waals surface area contributed by atoms with Gasteiger partial charge in [-0.3, -0.25) is 9.59 Å². The van der Waals surface area contributed by atoms with Crippen molar-refractivity contribution in [1.82, 2.24) is 20.1 Å². The maximum absolute atomic E-state index is 11.6. The van der Waals surface area contributed by atoms with Gasteiger partial charge in [0, 0.05) is 20.0 Å². The molecule has 0 atom stereocenters. The standard InChI is InChI=1S/C11H19N5O3S/c1-16-8(6-12)14-15-11(16)20-7-9(17)13-5-3-4-10(18)19-2/h3-7,12H2,1-2H3,(H,13,17). The summed E-state index contributed by atoms with van der Waals surface area (Å²) in [5.74, 6) is 0.527. The molecule has 0 saturated carbocycles. The Morgan fingerprint density at radius 3 is 2.80 bits per heavy atom. The molecule has 9 heteroatoms. The molecule has 0 radical (unpaired) electrons. The number of nitrogens with one attached hydrogen (secondary N) is 1. The van der Waals surface area contributed by atoms with E-state index in [0.29, 0.717) is 36.9 Å². The quantitative estimate of drug-likeness (QED) is 0.376. The third-order valence-corrected chi connectivity index (χ3v) is 3.57. The van der Waals surface area contributed by atoms with Crippen molar-refractivity contribution in [1.29, 1.82) is 0 Å². The maximum Gasteiger partial charge on any atom is 0.305 e. The third kappa shape index (κ3) is 5.17. The summed E-state index contributed by atoms with van der Waals surface area (Å²) in [6.07, 6.45) is 0.859. The van der Waals surface area contributed by atoms with Crippen molar-refractivity contribution in [2.24, 2.45) is 12.8 Å². The minimum absolute atomic E-state index is 0.114. The molecule has 1 rings (SSSR count). The molecule has 0 fully saturated rings. The number of hydrogen-bond acceptors (Lipinski definition) is 7. The van der Waals surface area contributed by atoms with E-state index < -0.39 is 0 Å². The average molecular weight is 301 g/mol. The predicted molar refractivity (Wildman–Crippen MR) is 73.9 cm³/mol. The summed E-state index contributed by atoms with van der Waals surface area (Å²) in [6, 6.07) is 0. The van der Waals surface area contributed by atoms with E-state index in [1.54, 1.807) is 11.6 Å². The monoisotopic (exact) mass is 301 g/mol. The van der Waals surface area contributed by atoms with Crippen LogP contribution in [0.3, 0.4) is 0 Å². The summed E-state index contributed by atoms with van der Waals surface area (Å²) in [5.41, 5.74) is 5.49. The molecule has 0 bridgehead atoms. The van der Waals surface area contributed by atoms with Crippen molar-refractivity contribution < 1.29 is 14.3 Å². The number of hydrogen-bond donors (Lipinski definition) is 2. The Balaban J connectivity index is 2.22. The number of amides is 1. The highest BCUT2D eigenvalue weighted by atomic mass is 32.2. The van der Waals surface area contributed by atoms with E-state index in [2.05, 4.69) is 20.3 Å². The van der Waals surface area contributed by atoms with Crippen LogP contribution in [0, 0.1) is 0 Å². The van der Waals surface area contributed by atoms with Crippen LogP contribution in [0.25, 0.3) is 0 Å². The lowest BCUT2D eigenvalue weighted by molar-refractivity contribution is -0.140. The van der Waals surface area contributed by atoms with Crippen molar-refractivity contribution in [3.8, 4) is 0 Å². The molecule has 1 amide bonds. The van der Waals surface area contributed by atoms with Crippen LogP contribution in [0.15, 0.2) is 5.16 Å². The van der Waals surface area contributed by atoms with Gasteiger partial charge in [0.15, 0.2) is 5.16 Å². The Kier molecular flexibility index (Phi) is 7.02. The molecule has 8 nitrogen and oxygen atoms in total. The van der Waals surface area contributed by atoms with Gasteiger partial charge in [0.2, 0.25) is 5.91 Å². The fourth-order valence-electron chi connectivity index (χ4n) is 1.39. The molecule has 112 valence electrons. The number of methoxy groups -OCH3 is 1. The Morgan fingerprint density at radius 1 is 1.45 bits per heavy atom. The van der Waals surface area contributed by atoms with E-state index in [0.717, 1.165) is 0 Å². The molecule has 0 aromatic carbocycles. The molecule has 3 N–H and O–H groups in total. The lowest BCUT2D eigenvalue weighted by atomic mass is 10.3. The minimum Gasteiger partial charge on any atom is -0.469 e. The molecular formula is C11H19N5O3S. The number of carbonyl (C=O) groups is 2. The van der Waals surface area contributed by atoms with Crippen LogP contribution in [0.1, 0.15) is 18.7 Å². The molecule has 1 aromatic heterocycles. The van der Waals surface area contributed by atoms with Gasteiger partial charge in [-0.1, -0.05) is 11.8 Å². The molecule has 0 aliphatic heterocycles. The fraction of sp³-hybridized carbons (Fsp3) is 0.636. The second-order valence-electron chi connectivity index (χ2n) is 3.98. The van der Waals surface area contributed by atoms with E-state index in [1.165, 1.54) is 18.9 Å². The van der Waals surface area contributed by atoms with E-state index in [9.17, 15) is 9.59 Å². The Hall–Kier alpha value is -1.61. The molecule has 20 heavy (non-hydrogen) atoms. The molecule has 0 unspecified atom stereocenters. The van der Waals surface area contributed by atoms with Crippen LogP contribution in [0.5, 0.6) is 0 Å². The third-order valence-electron chi connectivity index (χ3n) is 2.55. The van der Waals surface area contributed by atoms with Gasteiger partial charge in [-0.05, 0) is 6.42 Å². The molecular weight excluding hydrogens is 282 g/mol. The smallest absolute Gasteiger partial charge is 0.305 e. The Bertz CT molecular complexity index is 463. The van der Waals surface area contributed by atoms with Gasteiger partial charge in [-0.25, -0.2) is 0 Å². The van der Waals surface area contributed by atoms with Crippen molar-refractivity contribution in [2.45, 2.75) is 24.5 Å². The lowest BCUT2D eigenvalue weighted by Gasteiger charge is -2.05. The van der Waals surface area contributed by atoms with E-state index in [-0.39, 0.29) is 17.6 Å². The van der Waals surface area contributed by atoms with Crippen LogP contribution in [-0.2, 0) is 27.9 Å². The van der Waals surface area contributed by atoms with Gasteiger partial charge in [0.1, 0.15) is 5.82 Å². The summed E-state index contributed by atoms with van der Waals surface area (Å²) < 4.78 is 6.26. The summed E-state index contributed by atoms with van der Waals surface area (Å²) in [6.45, 7) is 0.755. The van der Waals surface area contributed by atoms with Crippen LogP contribution in [0.4, 0.5) is 0 Å². The number of nitrogens with two attached hydrogens (primary N) is 1. The van der Waals surface area contributed by atoms with Gasteiger partial charge in [0.05, 0.1) is 19.4 Å². The van der Waals surface area contributed by atoms with Gasteiger partial charge in [-0.2, -0.15) is 0 Å². The second-order valence-corrected chi connectivity index (χ2v) is 4.92. The summed E-state index contributed by atoms with van der Waals surface area (Å²) in [5, 5.41) is 11.2. The maximum atomic E-state index is 11.6. The van der Waals surface area contributed by atoms with E-state index in [4.69, 9.17) is 5.73 Å². The van der Waals surface area contributed by atoms with Crippen LogP contribution in [0.2, 0.25) is 0 Å². The number of carbonyl (C=O) groups excluding carboxylic acids is 2. The van der Waals surface area contributed by atoms with Gasteiger partial charge >= 0.3 is 5.97 Å². The van der Waals surface area contributed by atoms with Crippen molar-refractivity contribution in [3.05, 3.63) is 5.82 Å². The van der Waals surface area contributed by atoms with Crippen molar-refractivity contribution in [3.63, 3.8) is 0 Å². The predicted octanol–water partition coefficient (Wildman–Crippen LogP) is -0.565. The zero-order valence-electron chi connectivity index (χ0n) is 11.6. The largest absolute Gasteiger partial charge is 0.469 e. The fourth-order valence-corrected chi connectivity index (χ4v) is 2.15. The first-order chi connectivity index (χ1) is 9.58. The first kappa shape index (κ1) is 16.4. The van der Waals surface area contributed by atoms with Gasteiger partial charge in [-0.15, -0.1) is 10.2 Å². The molecule has 1 heterocycles. The Labute approximate surface area is 121 Å². The number of ether oxygens (including phenoxy) is 1. The van der Waals surface area contributed by atoms with Crippen molar-refractivity contribution >= 4 is 23.6 Å². The summed E-state index contributed by atoms with van der Waals surface area (Å²) in [4.78, 5) is 22.5. The minimum atomic E-state index is -0.276. The highest BCUT2D eigenvalue weighted by Gasteiger charge is 2.10. The SMILES string of the molecule is COC(=O)CCCNC(=O)CSc1nnc(CN)n1C. The molecule has 0 spiro atoms.